The van der Waals surface area contributed by atoms with Gasteiger partial charge in [0.05, 0.1) is 18.1 Å². The summed E-state index contributed by atoms with van der Waals surface area (Å²) in [4.78, 5) is 25.0. The van der Waals surface area contributed by atoms with Crippen LogP contribution in [0.15, 0.2) is 24.3 Å². The largest absolute Gasteiger partial charge is 0.387 e. The van der Waals surface area contributed by atoms with Crippen molar-refractivity contribution in [3.63, 3.8) is 0 Å². The van der Waals surface area contributed by atoms with E-state index in [1.54, 1.807) is 13.8 Å². The SMILES string of the molecule is Cc1ccc(C(O)CN2C(=O)CC(C)(C)C2=O)cc1. The third kappa shape index (κ3) is 2.68. The Morgan fingerprint density at radius 3 is 2.32 bits per heavy atom. The molecule has 1 atom stereocenters. The Morgan fingerprint density at radius 2 is 1.84 bits per heavy atom. The fourth-order valence-corrected chi connectivity index (χ4v) is 2.28. The highest BCUT2D eigenvalue weighted by atomic mass is 16.3. The molecule has 1 N–H and O–H groups in total. The fourth-order valence-electron chi connectivity index (χ4n) is 2.28. The van der Waals surface area contributed by atoms with Crippen molar-refractivity contribution in [2.75, 3.05) is 6.54 Å². The van der Waals surface area contributed by atoms with E-state index in [9.17, 15) is 14.7 Å². The molecule has 1 aromatic rings. The van der Waals surface area contributed by atoms with E-state index in [2.05, 4.69) is 0 Å². The lowest BCUT2D eigenvalue weighted by Gasteiger charge is -2.21. The van der Waals surface area contributed by atoms with Crippen LogP contribution in [0.4, 0.5) is 0 Å². The maximum absolute atomic E-state index is 12.1. The fraction of sp³-hybridized carbons (Fsp3) is 0.467. The number of hydrogen-bond donors (Lipinski definition) is 1. The van der Waals surface area contributed by atoms with Crippen LogP contribution in [0, 0.1) is 12.3 Å². The van der Waals surface area contributed by atoms with Gasteiger partial charge in [-0.2, -0.15) is 0 Å². The predicted molar refractivity (Wildman–Crippen MR) is 71.3 cm³/mol. The maximum atomic E-state index is 12.1. The average Bonchev–Trinajstić information content (AvgIpc) is 2.52. The van der Waals surface area contributed by atoms with Gasteiger partial charge in [0.2, 0.25) is 11.8 Å². The Labute approximate surface area is 113 Å². The second kappa shape index (κ2) is 4.78. The third-order valence-corrected chi connectivity index (χ3v) is 3.54. The summed E-state index contributed by atoms with van der Waals surface area (Å²) < 4.78 is 0. The zero-order valence-electron chi connectivity index (χ0n) is 11.5. The summed E-state index contributed by atoms with van der Waals surface area (Å²) in [5, 5.41) is 10.1. The molecule has 0 saturated carbocycles. The third-order valence-electron chi connectivity index (χ3n) is 3.54. The number of benzene rings is 1. The number of aliphatic hydroxyl groups excluding tert-OH is 1. The van der Waals surface area contributed by atoms with E-state index in [4.69, 9.17) is 0 Å². The lowest BCUT2D eigenvalue weighted by atomic mass is 9.92. The molecule has 1 aliphatic heterocycles. The summed E-state index contributed by atoms with van der Waals surface area (Å²) in [5.41, 5.74) is 1.17. The van der Waals surface area contributed by atoms with Gasteiger partial charge in [-0.25, -0.2) is 0 Å². The topological polar surface area (TPSA) is 57.6 Å². The molecule has 0 aromatic heterocycles. The molecule has 0 aliphatic carbocycles. The van der Waals surface area contributed by atoms with Crippen molar-refractivity contribution in [2.24, 2.45) is 5.41 Å². The van der Waals surface area contributed by atoms with Gasteiger partial charge in [-0.05, 0) is 12.5 Å². The van der Waals surface area contributed by atoms with Gasteiger partial charge in [-0.15, -0.1) is 0 Å². The minimum Gasteiger partial charge on any atom is -0.387 e. The minimum atomic E-state index is -0.831. The molecule has 1 heterocycles. The van der Waals surface area contributed by atoms with Crippen LogP contribution >= 0.6 is 0 Å². The van der Waals surface area contributed by atoms with Gasteiger partial charge in [-0.3, -0.25) is 14.5 Å². The van der Waals surface area contributed by atoms with Gasteiger partial charge in [-0.1, -0.05) is 43.7 Å². The highest BCUT2D eigenvalue weighted by Crippen LogP contribution is 2.32. The zero-order valence-corrected chi connectivity index (χ0v) is 11.5. The number of amides is 2. The van der Waals surface area contributed by atoms with Gasteiger partial charge in [0.15, 0.2) is 0 Å². The van der Waals surface area contributed by atoms with Crippen LogP contribution in [-0.4, -0.2) is 28.4 Å². The van der Waals surface area contributed by atoms with Crippen LogP contribution in [0.2, 0.25) is 0 Å². The van der Waals surface area contributed by atoms with Crippen LogP contribution in [0.1, 0.15) is 37.5 Å². The Morgan fingerprint density at radius 1 is 1.26 bits per heavy atom. The van der Waals surface area contributed by atoms with E-state index < -0.39 is 11.5 Å². The minimum absolute atomic E-state index is 0.0319. The number of β-amino-alcohol motifs (C(OH)–C–C–N with tert-alkyl or cyclic N) is 1. The Hall–Kier alpha value is -1.68. The van der Waals surface area contributed by atoms with Crippen LogP contribution in [0.3, 0.4) is 0 Å². The standard InChI is InChI=1S/C15H19NO3/c1-10-4-6-11(7-5-10)12(17)9-16-13(18)8-15(2,3)14(16)19/h4-7,12,17H,8-9H2,1-3H3. The molecule has 102 valence electrons. The first-order valence-corrected chi connectivity index (χ1v) is 6.41. The molecule has 2 rings (SSSR count). The molecule has 4 heteroatoms. The molecule has 0 spiro atoms. The lowest BCUT2D eigenvalue weighted by Crippen LogP contribution is -2.36. The highest BCUT2D eigenvalue weighted by Gasteiger charge is 2.45. The number of aryl methyl sites for hydroxylation is 1. The number of likely N-dealkylation sites (tertiary alicyclic amines) is 1. The van der Waals surface area contributed by atoms with Crippen molar-refractivity contribution in [2.45, 2.75) is 33.3 Å². The molecule has 4 nitrogen and oxygen atoms in total. The van der Waals surface area contributed by atoms with Crippen molar-refractivity contribution >= 4 is 11.8 Å². The van der Waals surface area contributed by atoms with Crippen LogP contribution in [0.25, 0.3) is 0 Å². The molecule has 1 fully saturated rings. The highest BCUT2D eigenvalue weighted by molar-refractivity contribution is 6.05. The molecule has 0 radical (unpaired) electrons. The number of aliphatic hydroxyl groups is 1. The van der Waals surface area contributed by atoms with Crippen molar-refractivity contribution in [3.8, 4) is 0 Å². The summed E-state index contributed by atoms with van der Waals surface area (Å²) >= 11 is 0. The molecule has 1 aromatic carbocycles. The van der Waals surface area contributed by atoms with Gasteiger partial charge in [0, 0.05) is 6.42 Å². The number of carbonyl (C=O) groups is 2. The molecule has 0 bridgehead atoms. The zero-order chi connectivity index (χ0) is 14.2. The Balaban J connectivity index is 2.11. The van der Waals surface area contributed by atoms with E-state index in [0.717, 1.165) is 11.1 Å². The number of nitrogens with zero attached hydrogens (tertiary/aromatic N) is 1. The first kappa shape index (κ1) is 13.7. The molecular weight excluding hydrogens is 242 g/mol. The molecule has 1 saturated heterocycles. The summed E-state index contributed by atoms with van der Waals surface area (Å²) in [6, 6.07) is 7.43. The van der Waals surface area contributed by atoms with Gasteiger partial charge < -0.3 is 5.11 Å². The van der Waals surface area contributed by atoms with Crippen molar-refractivity contribution in [1.29, 1.82) is 0 Å². The van der Waals surface area contributed by atoms with E-state index >= 15 is 0 Å². The maximum Gasteiger partial charge on any atom is 0.235 e. The van der Waals surface area contributed by atoms with Gasteiger partial charge in [0.25, 0.3) is 0 Å². The first-order chi connectivity index (χ1) is 8.81. The predicted octanol–water partition coefficient (Wildman–Crippen LogP) is 1.81. The smallest absolute Gasteiger partial charge is 0.235 e. The van der Waals surface area contributed by atoms with Crippen molar-refractivity contribution in [1.82, 2.24) is 4.90 Å². The summed E-state index contributed by atoms with van der Waals surface area (Å²) in [6.45, 7) is 5.51. The monoisotopic (exact) mass is 261 g/mol. The molecule has 1 unspecified atom stereocenters. The lowest BCUT2D eigenvalue weighted by molar-refractivity contribution is -0.142. The van der Waals surface area contributed by atoms with Crippen LogP contribution in [0.5, 0.6) is 0 Å². The number of hydrogen-bond acceptors (Lipinski definition) is 3. The average molecular weight is 261 g/mol. The van der Waals surface area contributed by atoms with E-state index in [0.29, 0.717) is 0 Å². The van der Waals surface area contributed by atoms with Crippen LogP contribution < -0.4 is 0 Å². The van der Waals surface area contributed by atoms with Crippen molar-refractivity contribution < 1.29 is 14.7 Å². The second-order valence-electron chi connectivity index (χ2n) is 5.80. The van der Waals surface area contributed by atoms with Gasteiger partial charge in [0.1, 0.15) is 0 Å². The number of rotatable bonds is 3. The van der Waals surface area contributed by atoms with E-state index in [-0.39, 0.29) is 24.8 Å². The molecule has 1 aliphatic rings. The van der Waals surface area contributed by atoms with Gasteiger partial charge >= 0.3 is 0 Å². The van der Waals surface area contributed by atoms with E-state index in [1.165, 1.54) is 4.90 Å². The Bertz CT molecular complexity index is 505. The summed E-state index contributed by atoms with van der Waals surface area (Å²) in [7, 11) is 0. The second-order valence-corrected chi connectivity index (χ2v) is 5.80. The van der Waals surface area contributed by atoms with Crippen molar-refractivity contribution in [3.05, 3.63) is 35.4 Å². The first-order valence-electron chi connectivity index (χ1n) is 6.41. The summed E-state index contributed by atoms with van der Waals surface area (Å²) in [5.74, 6) is -0.412. The summed E-state index contributed by atoms with van der Waals surface area (Å²) in [6.07, 6.45) is -0.616. The number of carbonyl (C=O) groups excluding carboxylic acids is 2. The normalized spacial score (nSPS) is 19.9. The molecule has 19 heavy (non-hydrogen) atoms. The van der Waals surface area contributed by atoms with Crippen LogP contribution in [-0.2, 0) is 9.59 Å². The number of imide groups is 1. The molecular formula is C15H19NO3. The molecule has 2 amide bonds. The Kier molecular flexibility index (Phi) is 3.45. The quantitative estimate of drug-likeness (QED) is 0.844. The van der Waals surface area contributed by atoms with E-state index in [1.807, 2.05) is 31.2 Å².